The molecule has 0 aromatic heterocycles. The Labute approximate surface area is 126 Å². The average molecular weight is 376 g/mol. The smallest absolute Gasteiger partial charge is 0.0629 e. The van der Waals surface area contributed by atoms with Crippen molar-refractivity contribution in [2.24, 2.45) is 5.92 Å². The van der Waals surface area contributed by atoms with Gasteiger partial charge in [0.25, 0.3) is 0 Å². The van der Waals surface area contributed by atoms with Gasteiger partial charge in [-0.05, 0) is 88.8 Å². The molecule has 2 nitrogen and oxygen atoms in total. The zero-order valence-corrected chi connectivity index (χ0v) is 14.1. The van der Waals surface area contributed by atoms with Crippen molar-refractivity contribution in [2.75, 3.05) is 32.0 Å². The molecule has 1 heterocycles. The van der Waals surface area contributed by atoms with Crippen molar-refractivity contribution in [1.29, 1.82) is 0 Å². The highest BCUT2D eigenvalue weighted by Crippen LogP contribution is 2.32. The van der Waals surface area contributed by atoms with E-state index in [1.165, 1.54) is 37.2 Å². The number of likely N-dealkylation sites (tertiary alicyclic amines) is 1. The van der Waals surface area contributed by atoms with E-state index in [1.807, 2.05) is 0 Å². The van der Waals surface area contributed by atoms with Crippen LogP contribution >= 0.6 is 31.9 Å². The Morgan fingerprint density at radius 1 is 1.33 bits per heavy atom. The summed E-state index contributed by atoms with van der Waals surface area (Å²) in [6.45, 7) is 5.60. The fraction of sp³-hybridized carbons (Fsp3) is 0.571. The normalized spacial score (nSPS) is 21.0. The van der Waals surface area contributed by atoms with Crippen molar-refractivity contribution in [2.45, 2.75) is 19.8 Å². The maximum atomic E-state index is 3.63. The minimum atomic E-state index is 0.754. The molecule has 4 heteroatoms. The molecule has 0 spiro atoms. The first kappa shape index (κ1) is 14.4. The highest BCUT2D eigenvalue weighted by molar-refractivity contribution is 9.11. The van der Waals surface area contributed by atoms with Gasteiger partial charge in [0.15, 0.2) is 0 Å². The number of nitrogens with one attached hydrogen (secondary N) is 1. The third-order valence-electron chi connectivity index (χ3n) is 3.48. The van der Waals surface area contributed by atoms with Crippen LogP contribution in [0.3, 0.4) is 0 Å². The Morgan fingerprint density at radius 3 is 2.61 bits per heavy atom. The summed E-state index contributed by atoms with van der Waals surface area (Å²) >= 11 is 7.26. The van der Waals surface area contributed by atoms with Gasteiger partial charge in [-0.15, -0.1) is 0 Å². The van der Waals surface area contributed by atoms with Crippen molar-refractivity contribution in [3.8, 4) is 0 Å². The lowest BCUT2D eigenvalue weighted by atomic mass is 9.98. The summed E-state index contributed by atoms with van der Waals surface area (Å²) in [5, 5.41) is 3.58. The first-order valence-corrected chi connectivity index (χ1v) is 8.03. The van der Waals surface area contributed by atoms with E-state index in [-0.39, 0.29) is 0 Å². The molecule has 1 saturated heterocycles. The van der Waals surface area contributed by atoms with Gasteiger partial charge in [0.05, 0.1) is 5.69 Å². The standard InChI is InChI=1S/C14H20Br2N2/c1-10-6-12(15)14(13(16)7-10)17-8-11-4-3-5-18(2)9-11/h6-7,11,17H,3-5,8-9H2,1-2H3. The Morgan fingerprint density at radius 2 is 2.00 bits per heavy atom. The van der Waals surface area contributed by atoms with Crippen LogP contribution in [0.4, 0.5) is 5.69 Å². The predicted molar refractivity (Wildman–Crippen MR) is 85.3 cm³/mol. The van der Waals surface area contributed by atoms with Crippen molar-refractivity contribution < 1.29 is 0 Å². The van der Waals surface area contributed by atoms with Gasteiger partial charge in [-0.2, -0.15) is 0 Å². The number of rotatable bonds is 3. The Kier molecular flexibility index (Phi) is 5.10. The van der Waals surface area contributed by atoms with Crippen molar-refractivity contribution in [3.05, 3.63) is 26.6 Å². The van der Waals surface area contributed by atoms with Crippen LogP contribution in [0.2, 0.25) is 0 Å². The van der Waals surface area contributed by atoms with E-state index in [0.29, 0.717) is 0 Å². The number of hydrogen-bond acceptors (Lipinski definition) is 2. The zero-order chi connectivity index (χ0) is 13.1. The Bertz CT molecular complexity index is 397. The molecule has 1 fully saturated rings. The highest BCUT2D eigenvalue weighted by Gasteiger charge is 2.17. The van der Waals surface area contributed by atoms with Gasteiger partial charge in [-0.1, -0.05) is 0 Å². The van der Waals surface area contributed by atoms with Gasteiger partial charge in [0.1, 0.15) is 0 Å². The molecule has 1 aromatic rings. The fourth-order valence-corrected chi connectivity index (χ4v) is 4.25. The van der Waals surface area contributed by atoms with E-state index in [9.17, 15) is 0 Å². The van der Waals surface area contributed by atoms with Crippen LogP contribution in [0.25, 0.3) is 0 Å². The van der Waals surface area contributed by atoms with Gasteiger partial charge in [-0.25, -0.2) is 0 Å². The molecule has 1 aliphatic rings. The first-order valence-electron chi connectivity index (χ1n) is 6.44. The second-order valence-corrected chi connectivity index (χ2v) is 6.96. The molecule has 1 atom stereocenters. The quantitative estimate of drug-likeness (QED) is 0.848. The summed E-state index contributed by atoms with van der Waals surface area (Å²) in [6, 6.07) is 4.31. The summed E-state index contributed by atoms with van der Waals surface area (Å²) in [5.74, 6) is 0.754. The minimum Gasteiger partial charge on any atom is -0.383 e. The lowest BCUT2D eigenvalue weighted by Gasteiger charge is -2.30. The Balaban J connectivity index is 1.97. The summed E-state index contributed by atoms with van der Waals surface area (Å²) in [7, 11) is 2.21. The monoisotopic (exact) mass is 374 g/mol. The third kappa shape index (κ3) is 3.72. The van der Waals surface area contributed by atoms with Crippen LogP contribution < -0.4 is 5.32 Å². The lowest BCUT2D eigenvalue weighted by Crippen LogP contribution is -2.35. The molecule has 0 radical (unpaired) electrons. The van der Waals surface area contributed by atoms with Crippen LogP contribution in [-0.4, -0.2) is 31.6 Å². The van der Waals surface area contributed by atoms with Crippen molar-refractivity contribution in [3.63, 3.8) is 0 Å². The molecule has 0 saturated carbocycles. The van der Waals surface area contributed by atoms with Crippen molar-refractivity contribution in [1.82, 2.24) is 4.90 Å². The van der Waals surface area contributed by atoms with Gasteiger partial charge in [-0.3, -0.25) is 0 Å². The number of benzene rings is 1. The van der Waals surface area contributed by atoms with Crippen LogP contribution in [-0.2, 0) is 0 Å². The molecular formula is C14H20Br2N2. The maximum Gasteiger partial charge on any atom is 0.0629 e. The minimum absolute atomic E-state index is 0.754. The maximum absolute atomic E-state index is 3.63. The van der Waals surface area contributed by atoms with E-state index >= 15 is 0 Å². The topological polar surface area (TPSA) is 15.3 Å². The van der Waals surface area contributed by atoms with E-state index in [1.54, 1.807) is 0 Å². The molecule has 0 aliphatic carbocycles. The fourth-order valence-electron chi connectivity index (χ4n) is 2.55. The lowest BCUT2D eigenvalue weighted by molar-refractivity contribution is 0.217. The van der Waals surface area contributed by atoms with Crippen LogP contribution in [0.5, 0.6) is 0 Å². The number of anilines is 1. The summed E-state index contributed by atoms with van der Waals surface area (Å²) in [6.07, 6.45) is 2.65. The van der Waals surface area contributed by atoms with E-state index in [4.69, 9.17) is 0 Å². The van der Waals surface area contributed by atoms with Gasteiger partial charge in [0, 0.05) is 22.0 Å². The van der Waals surface area contributed by atoms with Gasteiger partial charge in [0.2, 0.25) is 0 Å². The molecule has 0 amide bonds. The summed E-state index contributed by atoms with van der Waals surface area (Å²) in [5.41, 5.74) is 2.44. The molecule has 0 bridgehead atoms. The third-order valence-corrected chi connectivity index (χ3v) is 4.73. The SMILES string of the molecule is Cc1cc(Br)c(NCC2CCCN(C)C2)c(Br)c1. The first-order chi connectivity index (χ1) is 8.56. The van der Waals surface area contributed by atoms with Crippen LogP contribution in [0.1, 0.15) is 18.4 Å². The molecule has 1 aromatic carbocycles. The molecular weight excluding hydrogens is 356 g/mol. The summed E-state index contributed by atoms with van der Waals surface area (Å²) in [4.78, 5) is 2.43. The van der Waals surface area contributed by atoms with E-state index < -0.39 is 0 Å². The van der Waals surface area contributed by atoms with Crippen LogP contribution in [0.15, 0.2) is 21.1 Å². The van der Waals surface area contributed by atoms with E-state index in [2.05, 4.69) is 68.2 Å². The molecule has 1 N–H and O–H groups in total. The molecule has 18 heavy (non-hydrogen) atoms. The Hall–Kier alpha value is -0.0600. The van der Waals surface area contributed by atoms with E-state index in [0.717, 1.165) is 21.4 Å². The second kappa shape index (κ2) is 6.40. The molecule has 2 rings (SSSR count). The van der Waals surface area contributed by atoms with Crippen molar-refractivity contribution >= 4 is 37.5 Å². The highest BCUT2D eigenvalue weighted by atomic mass is 79.9. The summed E-state index contributed by atoms with van der Waals surface area (Å²) < 4.78 is 2.28. The number of hydrogen-bond donors (Lipinski definition) is 1. The number of nitrogens with zero attached hydrogens (tertiary/aromatic N) is 1. The zero-order valence-electron chi connectivity index (χ0n) is 11.0. The molecule has 1 aliphatic heterocycles. The van der Waals surface area contributed by atoms with Crippen LogP contribution in [0, 0.1) is 12.8 Å². The predicted octanol–water partition coefficient (Wildman–Crippen LogP) is 4.27. The van der Waals surface area contributed by atoms with Gasteiger partial charge < -0.3 is 10.2 Å². The molecule has 100 valence electrons. The average Bonchev–Trinajstić information content (AvgIpc) is 2.27. The number of halogens is 2. The molecule has 1 unspecified atom stereocenters. The van der Waals surface area contributed by atoms with Gasteiger partial charge >= 0.3 is 0 Å². The number of piperidine rings is 1. The second-order valence-electron chi connectivity index (χ2n) is 5.25. The largest absolute Gasteiger partial charge is 0.383 e. The number of aryl methyl sites for hydroxylation is 1.